The van der Waals surface area contributed by atoms with Gasteiger partial charge in [-0.15, -0.1) is 0 Å². The summed E-state index contributed by atoms with van der Waals surface area (Å²) in [6, 6.07) is 0. The third kappa shape index (κ3) is 1.81. The van der Waals surface area contributed by atoms with Gasteiger partial charge in [0.1, 0.15) is 0 Å². The van der Waals surface area contributed by atoms with Crippen molar-refractivity contribution in [2.24, 2.45) is 0 Å². The standard InChI is InChI=1S/C8H10N/c1-2-6-9-7-4-3-5-8-9/h4,7H,1-2,6,8H2. The van der Waals surface area contributed by atoms with E-state index in [1.807, 2.05) is 12.3 Å². The monoisotopic (exact) mass is 120 g/mol. The summed E-state index contributed by atoms with van der Waals surface area (Å²) in [5.41, 5.74) is 0. The number of hydrogen-bond acceptors (Lipinski definition) is 1. The lowest BCUT2D eigenvalue weighted by Crippen LogP contribution is -2.19. The molecule has 0 aliphatic carbocycles. The molecule has 1 heteroatoms. The van der Waals surface area contributed by atoms with Crippen LogP contribution in [-0.4, -0.2) is 18.0 Å². The van der Waals surface area contributed by atoms with Gasteiger partial charge in [0.25, 0.3) is 0 Å². The summed E-state index contributed by atoms with van der Waals surface area (Å²) < 4.78 is 0. The highest BCUT2D eigenvalue weighted by Gasteiger charge is 1.94. The van der Waals surface area contributed by atoms with Crippen molar-refractivity contribution in [3.8, 4) is 11.8 Å². The molecule has 0 aromatic rings. The average Bonchev–Trinajstić information content (AvgIpc) is 1.91. The molecule has 0 spiro atoms. The number of hydrogen-bond donors (Lipinski definition) is 0. The van der Waals surface area contributed by atoms with Crippen LogP contribution < -0.4 is 0 Å². The average molecular weight is 120 g/mol. The molecule has 1 rings (SSSR count). The summed E-state index contributed by atoms with van der Waals surface area (Å²) in [5, 5.41) is 0. The van der Waals surface area contributed by atoms with Crippen molar-refractivity contribution >= 4 is 0 Å². The summed E-state index contributed by atoms with van der Waals surface area (Å²) in [4.78, 5) is 2.16. The van der Waals surface area contributed by atoms with Crippen molar-refractivity contribution in [1.29, 1.82) is 0 Å². The number of allylic oxidation sites excluding steroid dienone is 1. The third-order valence-electron chi connectivity index (χ3n) is 1.20. The molecule has 0 bridgehead atoms. The molecule has 0 saturated heterocycles. The molecule has 47 valence electrons. The summed E-state index contributed by atoms with van der Waals surface area (Å²) >= 11 is 0. The second-order valence-corrected chi connectivity index (χ2v) is 1.96. The van der Waals surface area contributed by atoms with E-state index in [1.165, 1.54) is 0 Å². The van der Waals surface area contributed by atoms with Gasteiger partial charge in [-0.3, -0.25) is 0 Å². The Hall–Kier alpha value is -0.900. The van der Waals surface area contributed by atoms with E-state index in [1.54, 1.807) is 0 Å². The molecule has 1 aliphatic rings. The van der Waals surface area contributed by atoms with Crippen molar-refractivity contribution in [2.45, 2.75) is 6.42 Å². The van der Waals surface area contributed by atoms with Crippen LogP contribution in [0, 0.1) is 18.8 Å². The minimum atomic E-state index is 0.867. The first-order valence-electron chi connectivity index (χ1n) is 3.12. The molecule has 0 aromatic heterocycles. The van der Waals surface area contributed by atoms with Gasteiger partial charge in [0.05, 0.1) is 6.54 Å². The summed E-state index contributed by atoms with van der Waals surface area (Å²) in [7, 11) is 0. The Balaban J connectivity index is 2.32. The molecule has 9 heavy (non-hydrogen) atoms. The third-order valence-corrected chi connectivity index (χ3v) is 1.20. The van der Waals surface area contributed by atoms with Crippen LogP contribution in [0.4, 0.5) is 0 Å². The van der Waals surface area contributed by atoms with Gasteiger partial charge in [0.15, 0.2) is 0 Å². The predicted octanol–water partition coefficient (Wildman–Crippen LogP) is 1.04. The minimum absolute atomic E-state index is 0.867. The second kappa shape index (κ2) is 3.19. The van der Waals surface area contributed by atoms with Gasteiger partial charge >= 0.3 is 0 Å². The maximum Gasteiger partial charge on any atom is 0.0792 e. The fourth-order valence-corrected chi connectivity index (χ4v) is 0.758. The van der Waals surface area contributed by atoms with Crippen LogP contribution in [0.2, 0.25) is 0 Å². The first-order valence-corrected chi connectivity index (χ1v) is 3.12. The Labute approximate surface area is 56.4 Å². The molecule has 0 N–H and O–H groups in total. The molecule has 0 amide bonds. The molecular weight excluding hydrogens is 110 g/mol. The predicted molar refractivity (Wildman–Crippen MR) is 38.5 cm³/mol. The van der Waals surface area contributed by atoms with Crippen molar-refractivity contribution in [3.63, 3.8) is 0 Å². The van der Waals surface area contributed by atoms with Gasteiger partial charge < -0.3 is 4.90 Å². The van der Waals surface area contributed by atoms with E-state index in [4.69, 9.17) is 0 Å². The Morgan fingerprint density at radius 2 is 2.56 bits per heavy atom. The van der Waals surface area contributed by atoms with Crippen molar-refractivity contribution in [1.82, 2.24) is 4.90 Å². The van der Waals surface area contributed by atoms with Gasteiger partial charge in [-0.2, -0.15) is 0 Å². The molecule has 1 aliphatic heterocycles. The maximum atomic E-state index is 3.76. The first kappa shape index (κ1) is 6.22. The highest BCUT2D eigenvalue weighted by atomic mass is 15.1. The molecule has 1 radical (unpaired) electrons. The largest absolute Gasteiger partial charge is 0.366 e. The van der Waals surface area contributed by atoms with E-state index in [9.17, 15) is 0 Å². The lowest BCUT2D eigenvalue weighted by atomic mass is 10.3. The van der Waals surface area contributed by atoms with Crippen LogP contribution in [0.3, 0.4) is 0 Å². The molecule has 0 fully saturated rings. The van der Waals surface area contributed by atoms with Crippen LogP contribution in [0.5, 0.6) is 0 Å². The zero-order chi connectivity index (χ0) is 6.53. The number of rotatable bonds is 2. The lowest BCUT2D eigenvalue weighted by Gasteiger charge is -2.16. The first-order chi connectivity index (χ1) is 4.43. The van der Waals surface area contributed by atoms with Crippen LogP contribution in [0.1, 0.15) is 6.42 Å². The Morgan fingerprint density at radius 3 is 3.11 bits per heavy atom. The van der Waals surface area contributed by atoms with Gasteiger partial charge in [-0.1, -0.05) is 18.8 Å². The summed E-state index contributed by atoms with van der Waals surface area (Å²) in [6.07, 6.45) is 4.84. The molecule has 0 atom stereocenters. The van der Waals surface area contributed by atoms with Gasteiger partial charge in [-0.05, 0) is 6.42 Å². The SMILES string of the molecule is [CH2]CCN1C=CC#CC1. The number of nitrogens with zero attached hydrogens (tertiary/aromatic N) is 1. The molecule has 1 heterocycles. The normalized spacial score (nSPS) is 15.0. The maximum absolute atomic E-state index is 3.76. The van der Waals surface area contributed by atoms with E-state index in [2.05, 4.69) is 23.7 Å². The molecule has 0 unspecified atom stereocenters. The fourth-order valence-electron chi connectivity index (χ4n) is 0.758. The van der Waals surface area contributed by atoms with E-state index >= 15 is 0 Å². The van der Waals surface area contributed by atoms with E-state index in [-0.39, 0.29) is 0 Å². The van der Waals surface area contributed by atoms with E-state index < -0.39 is 0 Å². The quantitative estimate of drug-likeness (QED) is 0.492. The van der Waals surface area contributed by atoms with Crippen LogP contribution in [0.15, 0.2) is 12.3 Å². The van der Waals surface area contributed by atoms with Crippen molar-refractivity contribution in [3.05, 3.63) is 19.2 Å². The van der Waals surface area contributed by atoms with Gasteiger partial charge in [0.2, 0.25) is 0 Å². The van der Waals surface area contributed by atoms with Crippen molar-refractivity contribution in [2.75, 3.05) is 13.1 Å². The Kier molecular flexibility index (Phi) is 2.21. The molecule has 0 saturated carbocycles. The zero-order valence-corrected chi connectivity index (χ0v) is 5.43. The molecular formula is C8H10N. The highest BCUT2D eigenvalue weighted by molar-refractivity contribution is 5.20. The fraction of sp³-hybridized carbons (Fsp3) is 0.375. The van der Waals surface area contributed by atoms with Crippen LogP contribution in [-0.2, 0) is 0 Å². The smallest absolute Gasteiger partial charge is 0.0792 e. The van der Waals surface area contributed by atoms with E-state index in [0.29, 0.717) is 0 Å². The Bertz CT molecular complexity index is 159. The highest BCUT2D eigenvalue weighted by Crippen LogP contribution is 1.93. The van der Waals surface area contributed by atoms with Gasteiger partial charge in [0, 0.05) is 18.8 Å². The molecule has 1 nitrogen and oxygen atoms in total. The van der Waals surface area contributed by atoms with Gasteiger partial charge in [-0.25, -0.2) is 0 Å². The van der Waals surface area contributed by atoms with Crippen LogP contribution >= 0.6 is 0 Å². The Morgan fingerprint density at radius 1 is 1.67 bits per heavy atom. The second-order valence-electron chi connectivity index (χ2n) is 1.96. The summed E-state index contributed by atoms with van der Waals surface area (Å²) in [6.45, 7) is 5.64. The topological polar surface area (TPSA) is 3.24 Å². The minimum Gasteiger partial charge on any atom is -0.366 e. The van der Waals surface area contributed by atoms with E-state index in [0.717, 1.165) is 19.5 Å². The van der Waals surface area contributed by atoms with Crippen LogP contribution in [0.25, 0.3) is 0 Å². The van der Waals surface area contributed by atoms with Crippen molar-refractivity contribution < 1.29 is 0 Å². The zero-order valence-electron chi connectivity index (χ0n) is 5.43. The summed E-state index contributed by atoms with van der Waals surface area (Å²) in [5.74, 6) is 5.86. The molecule has 0 aromatic carbocycles. The lowest BCUT2D eigenvalue weighted by molar-refractivity contribution is 0.427.